The van der Waals surface area contributed by atoms with Crippen LogP contribution >= 0.6 is 0 Å². The van der Waals surface area contributed by atoms with E-state index in [1.54, 1.807) is 6.92 Å². The van der Waals surface area contributed by atoms with Gasteiger partial charge in [-0.25, -0.2) is 0 Å². The van der Waals surface area contributed by atoms with Crippen molar-refractivity contribution in [1.82, 2.24) is 0 Å². The lowest BCUT2D eigenvalue weighted by molar-refractivity contribution is -0.128. The fraction of sp³-hybridized carbons (Fsp3) is 0.500. The smallest absolute Gasteiger partial charge is 0.163 e. The van der Waals surface area contributed by atoms with Gasteiger partial charge in [0.05, 0.1) is 0 Å². The molecular weight excluding hydrogens is 200 g/mol. The molecule has 0 amide bonds. The number of rotatable bonds is 6. The van der Waals surface area contributed by atoms with Crippen LogP contribution in [0, 0.1) is 0 Å². The molecule has 2 heteroatoms. The lowest BCUT2D eigenvalue weighted by atomic mass is 10.0. The maximum atomic E-state index is 11.5. The van der Waals surface area contributed by atoms with Crippen molar-refractivity contribution in [1.29, 1.82) is 0 Å². The van der Waals surface area contributed by atoms with Crippen molar-refractivity contribution in [3.8, 4) is 0 Å². The monoisotopic (exact) mass is 220 g/mol. The summed E-state index contributed by atoms with van der Waals surface area (Å²) in [5.74, 6) is 0.0673. The van der Waals surface area contributed by atoms with Gasteiger partial charge < -0.3 is 4.74 Å². The third kappa shape index (κ3) is 3.46. The summed E-state index contributed by atoms with van der Waals surface area (Å²) in [7, 11) is 0. The van der Waals surface area contributed by atoms with Crippen molar-refractivity contribution >= 4 is 5.78 Å². The van der Waals surface area contributed by atoms with E-state index in [-0.39, 0.29) is 5.78 Å². The molecule has 0 aliphatic carbocycles. The van der Waals surface area contributed by atoms with Gasteiger partial charge in [0, 0.05) is 6.61 Å². The molecule has 0 bridgehead atoms. The first-order valence-corrected chi connectivity index (χ1v) is 5.89. The van der Waals surface area contributed by atoms with Gasteiger partial charge in [-0.3, -0.25) is 4.79 Å². The standard InChI is InChI=1S/C14H20O2/c1-4-10-16-14(11(3)15)13-8-6-12(5-2)7-9-13/h6-9,14H,4-5,10H2,1-3H3. The van der Waals surface area contributed by atoms with E-state index < -0.39 is 6.10 Å². The van der Waals surface area contributed by atoms with Crippen LogP contribution in [0.5, 0.6) is 0 Å². The van der Waals surface area contributed by atoms with Gasteiger partial charge >= 0.3 is 0 Å². The molecule has 1 atom stereocenters. The zero-order valence-electron chi connectivity index (χ0n) is 10.3. The van der Waals surface area contributed by atoms with Gasteiger partial charge in [-0.2, -0.15) is 0 Å². The van der Waals surface area contributed by atoms with Crippen LogP contribution in [0.3, 0.4) is 0 Å². The Hall–Kier alpha value is -1.15. The molecule has 0 saturated heterocycles. The number of carbonyl (C=O) groups is 1. The van der Waals surface area contributed by atoms with Crippen LogP contribution in [-0.4, -0.2) is 12.4 Å². The third-order valence-electron chi connectivity index (χ3n) is 2.55. The highest BCUT2D eigenvalue weighted by molar-refractivity contribution is 5.81. The maximum Gasteiger partial charge on any atom is 0.163 e. The second kappa shape index (κ2) is 6.44. The number of hydrogen-bond donors (Lipinski definition) is 0. The van der Waals surface area contributed by atoms with E-state index in [0.29, 0.717) is 6.61 Å². The molecule has 0 N–H and O–H groups in total. The van der Waals surface area contributed by atoms with Gasteiger partial charge in [0.15, 0.2) is 5.78 Å². The van der Waals surface area contributed by atoms with E-state index in [0.717, 1.165) is 18.4 Å². The number of carbonyl (C=O) groups excluding carboxylic acids is 1. The Kier molecular flexibility index (Phi) is 5.20. The van der Waals surface area contributed by atoms with E-state index in [2.05, 4.69) is 19.1 Å². The zero-order valence-corrected chi connectivity index (χ0v) is 10.3. The molecule has 1 aromatic rings. The van der Waals surface area contributed by atoms with Gasteiger partial charge in [0.25, 0.3) is 0 Å². The molecule has 1 unspecified atom stereocenters. The molecule has 88 valence electrons. The molecule has 16 heavy (non-hydrogen) atoms. The predicted molar refractivity (Wildman–Crippen MR) is 65.5 cm³/mol. The number of aryl methyl sites for hydroxylation is 1. The zero-order chi connectivity index (χ0) is 12.0. The van der Waals surface area contributed by atoms with Gasteiger partial charge in [-0.15, -0.1) is 0 Å². The van der Waals surface area contributed by atoms with Crippen LogP contribution in [0.4, 0.5) is 0 Å². The number of benzene rings is 1. The van der Waals surface area contributed by atoms with Gasteiger partial charge in [0.1, 0.15) is 6.10 Å². The summed E-state index contributed by atoms with van der Waals surface area (Å²) < 4.78 is 5.56. The van der Waals surface area contributed by atoms with E-state index >= 15 is 0 Å². The normalized spacial score (nSPS) is 12.4. The second-order valence-electron chi connectivity index (χ2n) is 3.96. The molecule has 0 fully saturated rings. The summed E-state index contributed by atoms with van der Waals surface area (Å²) >= 11 is 0. The van der Waals surface area contributed by atoms with Crippen LogP contribution in [0.1, 0.15) is 44.4 Å². The number of ketones is 1. The fourth-order valence-electron chi connectivity index (χ4n) is 1.61. The minimum atomic E-state index is -0.397. The van der Waals surface area contributed by atoms with Crippen LogP contribution in [-0.2, 0) is 16.0 Å². The molecule has 0 aliphatic heterocycles. The molecule has 0 aliphatic rings. The Morgan fingerprint density at radius 3 is 2.31 bits per heavy atom. The Labute approximate surface area is 97.6 Å². The lowest BCUT2D eigenvalue weighted by Crippen LogP contribution is -2.13. The van der Waals surface area contributed by atoms with Gasteiger partial charge in [-0.05, 0) is 30.9 Å². The van der Waals surface area contributed by atoms with Crippen molar-refractivity contribution in [3.63, 3.8) is 0 Å². The Balaban J connectivity index is 2.79. The summed E-state index contributed by atoms with van der Waals surface area (Å²) in [5.41, 5.74) is 2.24. The minimum absolute atomic E-state index is 0.0673. The van der Waals surface area contributed by atoms with Gasteiger partial charge in [0.2, 0.25) is 0 Å². The lowest BCUT2D eigenvalue weighted by Gasteiger charge is -2.15. The first-order chi connectivity index (χ1) is 7.69. The first kappa shape index (κ1) is 12.9. The van der Waals surface area contributed by atoms with Crippen molar-refractivity contribution in [3.05, 3.63) is 35.4 Å². The van der Waals surface area contributed by atoms with Crippen molar-refractivity contribution in [2.24, 2.45) is 0 Å². The van der Waals surface area contributed by atoms with E-state index in [1.807, 2.05) is 19.1 Å². The predicted octanol–water partition coefficient (Wildman–Crippen LogP) is 3.31. The fourth-order valence-corrected chi connectivity index (χ4v) is 1.61. The van der Waals surface area contributed by atoms with E-state index in [4.69, 9.17) is 4.74 Å². The van der Waals surface area contributed by atoms with E-state index in [1.165, 1.54) is 5.56 Å². The number of Topliss-reactive ketones (excluding diaryl/α,β-unsaturated/α-hetero) is 1. The molecule has 0 heterocycles. The van der Waals surface area contributed by atoms with Crippen LogP contribution in [0.25, 0.3) is 0 Å². The summed E-state index contributed by atoms with van der Waals surface area (Å²) in [6.07, 6.45) is 1.54. The molecule has 2 nitrogen and oxygen atoms in total. The highest BCUT2D eigenvalue weighted by atomic mass is 16.5. The SMILES string of the molecule is CCCOC(C(C)=O)c1ccc(CC)cc1. The molecule has 1 aromatic carbocycles. The third-order valence-corrected chi connectivity index (χ3v) is 2.55. The molecule has 1 rings (SSSR count). The van der Waals surface area contributed by atoms with E-state index in [9.17, 15) is 4.79 Å². The van der Waals surface area contributed by atoms with Crippen molar-refractivity contribution in [2.45, 2.75) is 39.7 Å². The summed E-state index contributed by atoms with van der Waals surface area (Å²) in [6.45, 7) is 6.36. The Morgan fingerprint density at radius 1 is 1.25 bits per heavy atom. The maximum absolute atomic E-state index is 11.5. The van der Waals surface area contributed by atoms with Gasteiger partial charge in [-0.1, -0.05) is 38.1 Å². The summed E-state index contributed by atoms with van der Waals surface area (Å²) in [4.78, 5) is 11.5. The Bertz CT molecular complexity index is 327. The first-order valence-electron chi connectivity index (χ1n) is 5.89. The van der Waals surface area contributed by atoms with Crippen molar-refractivity contribution < 1.29 is 9.53 Å². The average molecular weight is 220 g/mol. The second-order valence-corrected chi connectivity index (χ2v) is 3.96. The minimum Gasteiger partial charge on any atom is -0.366 e. The van der Waals surface area contributed by atoms with Crippen LogP contribution in [0.2, 0.25) is 0 Å². The number of ether oxygens (including phenoxy) is 1. The Morgan fingerprint density at radius 2 is 1.88 bits per heavy atom. The quantitative estimate of drug-likeness (QED) is 0.735. The molecular formula is C14H20O2. The average Bonchev–Trinajstić information content (AvgIpc) is 2.30. The topological polar surface area (TPSA) is 26.3 Å². The highest BCUT2D eigenvalue weighted by Crippen LogP contribution is 2.19. The highest BCUT2D eigenvalue weighted by Gasteiger charge is 2.16. The summed E-state index contributed by atoms with van der Waals surface area (Å²) in [5, 5.41) is 0. The largest absolute Gasteiger partial charge is 0.366 e. The molecule has 0 radical (unpaired) electrons. The number of hydrogen-bond acceptors (Lipinski definition) is 2. The van der Waals surface area contributed by atoms with Crippen molar-refractivity contribution in [2.75, 3.05) is 6.61 Å². The molecule has 0 spiro atoms. The summed E-state index contributed by atoms with van der Waals surface area (Å²) in [6, 6.07) is 8.09. The molecule has 0 aromatic heterocycles. The molecule has 0 saturated carbocycles. The van der Waals surface area contributed by atoms with Crippen LogP contribution in [0.15, 0.2) is 24.3 Å². The van der Waals surface area contributed by atoms with Crippen LogP contribution < -0.4 is 0 Å².